The van der Waals surface area contributed by atoms with E-state index in [-0.39, 0.29) is 5.56 Å². The van der Waals surface area contributed by atoms with Crippen LogP contribution in [0.15, 0.2) is 48.5 Å². The minimum Gasteiger partial charge on any atom is -0.497 e. The number of hydrogen-bond donors (Lipinski definition) is 1. The number of halogens is 1. The average Bonchev–Trinajstić information content (AvgIpc) is 2.38. The highest BCUT2D eigenvalue weighted by molar-refractivity contribution is 5.65. The average molecular weight is 246 g/mol. The molecule has 2 aromatic carbocycles. The Kier molecular flexibility index (Phi) is 3.34. The van der Waals surface area contributed by atoms with Crippen LogP contribution in [0.3, 0.4) is 0 Å². The maximum atomic E-state index is 13.3. The van der Waals surface area contributed by atoms with Gasteiger partial charge in [0.2, 0.25) is 5.85 Å². The molecule has 2 aromatic rings. The van der Waals surface area contributed by atoms with Crippen molar-refractivity contribution in [2.45, 2.75) is 12.8 Å². The zero-order valence-corrected chi connectivity index (χ0v) is 10.4. The molecule has 0 bridgehead atoms. The van der Waals surface area contributed by atoms with Gasteiger partial charge < -0.3 is 9.84 Å². The van der Waals surface area contributed by atoms with E-state index in [2.05, 4.69) is 0 Å². The highest BCUT2D eigenvalue weighted by Crippen LogP contribution is 2.27. The molecule has 2 nitrogen and oxygen atoms in total. The summed E-state index contributed by atoms with van der Waals surface area (Å²) in [4.78, 5) is 0. The normalized spacial score (nSPS) is 14.0. The van der Waals surface area contributed by atoms with E-state index in [1.807, 2.05) is 24.3 Å². The van der Waals surface area contributed by atoms with Crippen LogP contribution in [0.4, 0.5) is 4.39 Å². The number of hydrogen-bond acceptors (Lipinski definition) is 2. The van der Waals surface area contributed by atoms with Crippen LogP contribution in [0.25, 0.3) is 11.1 Å². The molecule has 1 atom stereocenters. The van der Waals surface area contributed by atoms with E-state index in [9.17, 15) is 9.50 Å². The summed E-state index contributed by atoms with van der Waals surface area (Å²) in [6.07, 6.45) is 0. The molecule has 1 N–H and O–H groups in total. The topological polar surface area (TPSA) is 29.5 Å². The second-order valence-electron chi connectivity index (χ2n) is 4.26. The molecule has 2 rings (SSSR count). The molecule has 0 aromatic heterocycles. The van der Waals surface area contributed by atoms with Gasteiger partial charge in [-0.25, -0.2) is 4.39 Å². The predicted molar refractivity (Wildman–Crippen MR) is 69.1 cm³/mol. The lowest BCUT2D eigenvalue weighted by Crippen LogP contribution is -2.12. The zero-order chi connectivity index (χ0) is 13.2. The Morgan fingerprint density at radius 2 is 1.72 bits per heavy atom. The summed E-state index contributed by atoms with van der Waals surface area (Å²) in [6, 6.07) is 14.3. The van der Waals surface area contributed by atoms with Crippen LogP contribution in [-0.4, -0.2) is 12.2 Å². The maximum Gasteiger partial charge on any atom is 0.230 e. The van der Waals surface area contributed by atoms with Gasteiger partial charge in [0.25, 0.3) is 0 Å². The first-order valence-corrected chi connectivity index (χ1v) is 5.67. The number of methoxy groups -OCH3 is 1. The fraction of sp³-hybridized carbons (Fsp3) is 0.200. The van der Waals surface area contributed by atoms with Crippen molar-refractivity contribution >= 4 is 0 Å². The summed E-state index contributed by atoms with van der Waals surface area (Å²) in [6.45, 7) is 1.12. The van der Waals surface area contributed by atoms with Gasteiger partial charge in [-0.05, 0) is 30.2 Å². The number of aliphatic hydroxyl groups is 1. The molecule has 0 heterocycles. The summed E-state index contributed by atoms with van der Waals surface area (Å²) in [5.41, 5.74) is 2.18. The van der Waals surface area contributed by atoms with Crippen LogP contribution in [-0.2, 0) is 5.85 Å². The third kappa shape index (κ3) is 2.68. The minimum absolute atomic E-state index is 0.245. The molecule has 18 heavy (non-hydrogen) atoms. The Bertz CT molecular complexity index is 527. The molecule has 0 amide bonds. The van der Waals surface area contributed by atoms with Crippen molar-refractivity contribution in [1.29, 1.82) is 0 Å². The van der Waals surface area contributed by atoms with Gasteiger partial charge in [-0.2, -0.15) is 0 Å². The smallest absolute Gasteiger partial charge is 0.230 e. The second-order valence-corrected chi connectivity index (χ2v) is 4.26. The monoisotopic (exact) mass is 246 g/mol. The molecule has 0 saturated carbocycles. The van der Waals surface area contributed by atoms with Crippen molar-refractivity contribution < 1.29 is 14.2 Å². The summed E-state index contributed by atoms with van der Waals surface area (Å²) < 4.78 is 18.5. The van der Waals surface area contributed by atoms with Gasteiger partial charge in [0, 0.05) is 5.56 Å². The third-order valence-electron chi connectivity index (χ3n) is 2.81. The Labute approximate surface area is 106 Å². The number of ether oxygens (including phenoxy) is 1. The molecule has 0 spiro atoms. The van der Waals surface area contributed by atoms with Crippen molar-refractivity contribution in [3.8, 4) is 16.9 Å². The molecule has 0 saturated heterocycles. The molecular formula is C15H15FO2. The summed E-state index contributed by atoms with van der Waals surface area (Å²) in [5, 5.41) is 9.25. The van der Waals surface area contributed by atoms with Crippen molar-refractivity contribution in [3.63, 3.8) is 0 Å². The summed E-state index contributed by atoms with van der Waals surface area (Å²) in [7, 11) is 1.61. The van der Waals surface area contributed by atoms with Crippen molar-refractivity contribution in [2.24, 2.45) is 0 Å². The molecule has 94 valence electrons. The lowest BCUT2D eigenvalue weighted by atomic mass is 10.0. The third-order valence-corrected chi connectivity index (χ3v) is 2.81. The van der Waals surface area contributed by atoms with E-state index < -0.39 is 5.85 Å². The number of benzene rings is 2. The molecular weight excluding hydrogens is 231 g/mol. The van der Waals surface area contributed by atoms with E-state index in [0.29, 0.717) is 0 Å². The van der Waals surface area contributed by atoms with Crippen molar-refractivity contribution in [2.75, 3.05) is 7.11 Å². The zero-order valence-electron chi connectivity index (χ0n) is 10.4. The van der Waals surface area contributed by atoms with Crippen molar-refractivity contribution in [1.82, 2.24) is 0 Å². The summed E-state index contributed by atoms with van der Waals surface area (Å²) >= 11 is 0. The SMILES string of the molecule is COc1cccc(-c2ccc(C(C)(O)F)cc2)c1. The molecule has 1 unspecified atom stereocenters. The van der Waals surface area contributed by atoms with Gasteiger partial charge in [0.15, 0.2) is 0 Å². The van der Waals surface area contributed by atoms with Crippen molar-refractivity contribution in [3.05, 3.63) is 54.1 Å². The first kappa shape index (κ1) is 12.6. The second kappa shape index (κ2) is 4.78. The summed E-state index contributed by atoms with van der Waals surface area (Å²) in [5.74, 6) is -1.53. The van der Waals surface area contributed by atoms with Crippen LogP contribution in [0.1, 0.15) is 12.5 Å². The Morgan fingerprint density at radius 1 is 1.06 bits per heavy atom. The molecule has 0 aliphatic heterocycles. The molecule has 0 aliphatic rings. The van der Waals surface area contributed by atoms with E-state index >= 15 is 0 Å². The van der Waals surface area contributed by atoms with Gasteiger partial charge in [0.1, 0.15) is 5.75 Å². The molecule has 0 aliphatic carbocycles. The first-order chi connectivity index (χ1) is 8.50. The number of alkyl halides is 1. The van der Waals surface area contributed by atoms with E-state index in [4.69, 9.17) is 4.74 Å². The highest BCUT2D eigenvalue weighted by atomic mass is 19.2. The van der Waals surface area contributed by atoms with Gasteiger partial charge in [-0.3, -0.25) is 0 Å². The van der Waals surface area contributed by atoms with Crippen LogP contribution in [0, 0.1) is 0 Å². The van der Waals surface area contributed by atoms with Gasteiger partial charge in [-0.15, -0.1) is 0 Å². The highest BCUT2D eigenvalue weighted by Gasteiger charge is 2.20. The number of rotatable bonds is 3. The molecule has 3 heteroatoms. The lowest BCUT2D eigenvalue weighted by molar-refractivity contribution is -0.0768. The Morgan fingerprint density at radius 3 is 2.28 bits per heavy atom. The lowest BCUT2D eigenvalue weighted by Gasteiger charge is -2.13. The Balaban J connectivity index is 2.34. The van der Waals surface area contributed by atoms with Gasteiger partial charge in [0.05, 0.1) is 7.11 Å². The molecule has 0 fully saturated rings. The Hall–Kier alpha value is -1.87. The first-order valence-electron chi connectivity index (χ1n) is 5.67. The van der Waals surface area contributed by atoms with Crippen LogP contribution in [0.2, 0.25) is 0 Å². The molecule has 0 radical (unpaired) electrons. The van der Waals surface area contributed by atoms with E-state index in [0.717, 1.165) is 23.8 Å². The van der Waals surface area contributed by atoms with Crippen LogP contribution < -0.4 is 4.74 Å². The quantitative estimate of drug-likeness (QED) is 0.898. The maximum absolute atomic E-state index is 13.3. The fourth-order valence-corrected chi connectivity index (χ4v) is 1.77. The van der Waals surface area contributed by atoms with E-state index in [1.54, 1.807) is 31.4 Å². The predicted octanol–water partition coefficient (Wildman–Crippen LogP) is 3.50. The van der Waals surface area contributed by atoms with Crippen LogP contribution in [0.5, 0.6) is 5.75 Å². The van der Waals surface area contributed by atoms with E-state index in [1.165, 1.54) is 0 Å². The van der Waals surface area contributed by atoms with Gasteiger partial charge in [-0.1, -0.05) is 36.4 Å². The minimum atomic E-state index is -2.30. The van der Waals surface area contributed by atoms with Crippen LogP contribution >= 0.6 is 0 Å². The fourth-order valence-electron chi connectivity index (χ4n) is 1.77. The van der Waals surface area contributed by atoms with Gasteiger partial charge >= 0.3 is 0 Å². The largest absolute Gasteiger partial charge is 0.497 e. The standard InChI is InChI=1S/C15H15FO2/c1-15(16,17)13-8-6-11(7-9-13)12-4-3-5-14(10-12)18-2/h3-10,17H,1-2H3.